The van der Waals surface area contributed by atoms with Crippen molar-refractivity contribution in [1.82, 2.24) is 9.43 Å². The summed E-state index contributed by atoms with van der Waals surface area (Å²) in [4.78, 5) is 22.0. The molecule has 0 aliphatic carbocycles. The van der Waals surface area contributed by atoms with Gasteiger partial charge in [-0.05, 0) is 13.8 Å². The molecule has 0 bridgehead atoms. The predicted molar refractivity (Wildman–Crippen MR) is 38.2 cm³/mol. The second-order valence-corrected chi connectivity index (χ2v) is 3.14. The molecule has 6 heteroatoms. The molecule has 0 aromatic heterocycles. The molecule has 0 spiro atoms. The third kappa shape index (κ3) is 0.883. The summed E-state index contributed by atoms with van der Waals surface area (Å²) in [7, 11) is 0. The summed E-state index contributed by atoms with van der Waals surface area (Å²) in [5, 5.41) is 0.808. The molecule has 3 amide bonds. The number of carbonyl (C=O) groups excluding carboxylic acids is 2. The highest BCUT2D eigenvalue weighted by atomic mass is 35.5. The minimum atomic E-state index is -1.03. The first-order chi connectivity index (χ1) is 4.89. The predicted octanol–water partition coefficient (Wildman–Crippen LogP) is 0.0567. The van der Waals surface area contributed by atoms with E-state index < -0.39 is 17.5 Å². The van der Waals surface area contributed by atoms with Gasteiger partial charge in [-0.3, -0.25) is 4.79 Å². The zero-order chi connectivity index (χ0) is 8.81. The van der Waals surface area contributed by atoms with Crippen molar-refractivity contribution < 1.29 is 9.59 Å². The Hall–Kier alpha value is -0.810. The molecule has 0 atom stereocenters. The molecule has 1 aliphatic rings. The normalized spacial score (nSPS) is 23.3. The van der Waals surface area contributed by atoms with Gasteiger partial charge in [0.05, 0.1) is 0 Å². The first-order valence-corrected chi connectivity index (χ1v) is 3.32. The van der Waals surface area contributed by atoms with E-state index in [1.165, 1.54) is 13.8 Å². The smallest absolute Gasteiger partial charge is 0.270 e. The van der Waals surface area contributed by atoms with Gasteiger partial charge in [-0.2, -0.15) is 4.42 Å². The lowest BCUT2D eigenvalue weighted by molar-refractivity contribution is -0.128. The molecule has 2 N–H and O–H groups in total. The van der Waals surface area contributed by atoms with Crippen LogP contribution in [0.1, 0.15) is 13.8 Å². The van der Waals surface area contributed by atoms with Gasteiger partial charge >= 0.3 is 6.03 Å². The van der Waals surface area contributed by atoms with E-state index in [2.05, 4.69) is 0 Å². The summed E-state index contributed by atoms with van der Waals surface area (Å²) in [6.07, 6.45) is 0. The number of hydrogen-bond acceptors (Lipinski definition) is 3. The van der Waals surface area contributed by atoms with Gasteiger partial charge in [0.25, 0.3) is 5.91 Å². The maximum Gasteiger partial charge on any atom is 0.356 e. The van der Waals surface area contributed by atoms with E-state index in [0.717, 1.165) is 5.01 Å². The Labute approximate surface area is 68.8 Å². The number of carbonyl (C=O) groups is 2. The number of hydrazine groups is 1. The zero-order valence-corrected chi connectivity index (χ0v) is 6.92. The number of nitrogens with zero attached hydrogens (tertiary/aromatic N) is 2. The lowest BCUT2D eigenvalue weighted by atomic mass is 10.1. The minimum absolute atomic E-state index is 0.486. The number of halogens is 1. The molecule has 0 aromatic rings. The van der Waals surface area contributed by atoms with Gasteiger partial charge < -0.3 is 0 Å². The average Bonchev–Trinajstić information content (AvgIpc) is 2.06. The van der Waals surface area contributed by atoms with Crippen LogP contribution in [0.5, 0.6) is 0 Å². The second kappa shape index (κ2) is 2.09. The SMILES string of the molecule is CC1(C)C(=O)N(Cl)C(=O)N1N. The fourth-order valence-electron chi connectivity index (χ4n) is 0.764. The van der Waals surface area contributed by atoms with Gasteiger partial charge in [-0.1, -0.05) is 0 Å². The fourth-order valence-corrected chi connectivity index (χ4v) is 1.05. The van der Waals surface area contributed by atoms with E-state index in [0.29, 0.717) is 4.42 Å². The number of rotatable bonds is 0. The summed E-state index contributed by atoms with van der Waals surface area (Å²) in [6, 6.07) is -0.693. The number of amides is 3. The third-order valence-electron chi connectivity index (χ3n) is 1.68. The van der Waals surface area contributed by atoms with Crippen molar-refractivity contribution in [3.8, 4) is 0 Å². The molecule has 5 nitrogen and oxygen atoms in total. The molecular formula is C5H8ClN3O2. The summed E-state index contributed by atoms with van der Waals surface area (Å²) in [5.74, 6) is 4.77. The molecule has 0 radical (unpaired) electrons. The van der Waals surface area contributed by atoms with Crippen LogP contribution in [0.25, 0.3) is 0 Å². The first-order valence-electron chi connectivity index (χ1n) is 2.98. The van der Waals surface area contributed by atoms with E-state index >= 15 is 0 Å². The Morgan fingerprint density at radius 3 is 2.00 bits per heavy atom. The summed E-state index contributed by atoms with van der Waals surface area (Å²) in [5.41, 5.74) is -1.03. The van der Waals surface area contributed by atoms with Crippen molar-refractivity contribution in [3.63, 3.8) is 0 Å². The fraction of sp³-hybridized carbons (Fsp3) is 0.600. The van der Waals surface area contributed by atoms with Crippen molar-refractivity contribution in [1.29, 1.82) is 0 Å². The molecule has 0 unspecified atom stereocenters. The number of urea groups is 1. The molecule has 1 aliphatic heterocycles. The van der Waals surface area contributed by atoms with E-state index in [1.807, 2.05) is 0 Å². The standard InChI is InChI=1S/C5H8ClN3O2/c1-5(2)3(10)8(6)4(11)9(5)7/h7H2,1-2H3. The quantitative estimate of drug-likeness (QED) is 0.246. The van der Waals surface area contributed by atoms with Gasteiger partial charge in [0.15, 0.2) is 0 Å². The average molecular weight is 178 g/mol. The Morgan fingerprint density at radius 1 is 1.45 bits per heavy atom. The van der Waals surface area contributed by atoms with Crippen LogP contribution < -0.4 is 5.84 Å². The lowest BCUT2D eigenvalue weighted by Crippen LogP contribution is -2.48. The van der Waals surface area contributed by atoms with Gasteiger partial charge in [0, 0.05) is 11.8 Å². The van der Waals surface area contributed by atoms with Crippen LogP contribution in [-0.4, -0.2) is 26.9 Å². The largest absolute Gasteiger partial charge is 0.356 e. The first kappa shape index (κ1) is 8.29. The van der Waals surface area contributed by atoms with Crippen LogP contribution >= 0.6 is 11.8 Å². The van der Waals surface area contributed by atoms with E-state index in [4.69, 9.17) is 17.6 Å². The number of imide groups is 1. The molecule has 62 valence electrons. The van der Waals surface area contributed by atoms with E-state index in [-0.39, 0.29) is 0 Å². The van der Waals surface area contributed by atoms with Crippen LogP contribution in [0.2, 0.25) is 0 Å². The van der Waals surface area contributed by atoms with Gasteiger partial charge in [0.1, 0.15) is 5.54 Å². The monoisotopic (exact) mass is 177 g/mol. The van der Waals surface area contributed by atoms with Crippen molar-refractivity contribution in [3.05, 3.63) is 0 Å². The molecule has 1 heterocycles. The van der Waals surface area contributed by atoms with Crippen molar-refractivity contribution in [2.75, 3.05) is 0 Å². The van der Waals surface area contributed by atoms with E-state index in [1.54, 1.807) is 0 Å². The molecule has 0 aromatic carbocycles. The zero-order valence-electron chi connectivity index (χ0n) is 6.17. The van der Waals surface area contributed by atoms with Crippen LogP contribution in [0.4, 0.5) is 4.79 Å². The third-order valence-corrected chi connectivity index (χ3v) is 1.98. The van der Waals surface area contributed by atoms with Crippen LogP contribution in [0.3, 0.4) is 0 Å². The van der Waals surface area contributed by atoms with E-state index in [9.17, 15) is 9.59 Å². The van der Waals surface area contributed by atoms with Gasteiger partial charge in [-0.25, -0.2) is 15.6 Å². The number of nitrogens with two attached hydrogens (primary N) is 1. The lowest BCUT2D eigenvalue weighted by Gasteiger charge is -2.21. The summed E-state index contributed by atoms with van der Waals surface area (Å²) < 4.78 is 0.486. The molecule has 1 saturated heterocycles. The minimum Gasteiger partial charge on any atom is -0.270 e. The van der Waals surface area contributed by atoms with Gasteiger partial charge in [-0.15, -0.1) is 0 Å². The topological polar surface area (TPSA) is 66.6 Å². The van der Waals surface area contributed by atoms with Crippen molar-refractivity contribution in [2.45, 2.75) is 19.4 Å². The Kier molecular flexibility index (Phi) is 1.57. The second-order valence-electron chi connectivity index (χ2n) is 2.80. The molecule has 0 saturated carbocycles. The maximum absolute atomic E-state index is 11.1. The molecule has 1 rings (SSSR count). The molecule has 1 fully saturated rings. The summed E-state index contributed by atoms with van der Waals surface area (Å²) >= 11 is 5.31. The Bertz CT molecular complexity index is 228. The highest BCUT2D eigenvalue weighted by molar-refractivity contribution is 6.33. The van der Waals surface area contributed by atoms with Crippen LogP contribution in [0.15, 0.2) is 0 Å². The Balaban J connectivity index is 3.06. The highest BCUT2D eigenvalue weighted by Gasteiger charge is 2.50. The maximum atomic E-state index is 11.1. The molecule has 11 heavy (non-hydrogen) atoms. The van der Waals surface area contributed by atoms with Crippen molar-refractivity contribution >= 4 is 23.7 Å². The van der Waals surface area contributed by atoms with Gasteiger partial charge in [0.2, 0.25) is 0 Å². The summed E-state index contributed by atoms with van der Waals surface area (Å²) in [6.45, 7) is 3.05. The van der Waals surface area contributed by atoms with Crippen LogP contribution in [-0.2, 0) is 4.79 Å². The Morgan fingerprint density at radius 2 is 1.91 bits per heavy atom. The van der Waals surface area contributed by atoms with Crippen LogP contribution in [0, 0.1) is 0 Å². The highest BCUT2D eigenvalue weighted by Crippen LogP contribution is 2.25. The van der Waals surface area contributed by atoms with Crippen molar-refractivity contribution in [2.24, 2.45) is 5.84 Å². The molecular weight excluding hydrogens is 170 g/mol. The number of hydrogen-bond donors (Lipinski definition) is 1.